The monoisotopic (exact) mass is 797 g/mol. The fourth-order valence-corrected chi connectivity index (χ4v) is 8.00. The Morgan fingerprint density at radius 2 is 1.71 bits per heavy atom. The fraction of sp³-hybridized carbons (Fsp3) is 0.213. The van der Waals surface area contributed by atoms with Gasteiger partial charge in [-0.15, -0.1) is 0 Å². The highest BCUT2D eigenvalue weighted by Gasteiger charge is 2.24. The molecule has 7 aromatic rings. The van der Waals surface area contributed by atoms with Gasteiger partial charge in [0, 0.05) is 52.1 Å². The van der Waals surface area contributed by atoms with Gasteiger partial charge in [0.25, 0.3) is 5.91 Å². The van der Waals surface area contributed by atoms with Crippen molar-refractivity contribution in [3.05, 3.63) is 153 Å². The van der Waals surface area contributed by atoms with Gasteiger partial charge in [-0.1, -0.05) is 67.1 Å². The number of ether oxygens (including phenoxy) is 1. The first-order valence-electron chi connectivity index (χ1n) is 19.6. The first kappa shape index (κ1) is 38.6. The summed E-state index contributed by atoms with van der Waals surface area (Å²) in [6.07, 6.45) is 5.83. The second-order valence-electron chi connectivity index (χ2n) is 14.5. The molecule has 0 bridgehead atoms. The van der Waals surface area contributed by atoms with Gasteiger partial charge < -0.3 is 20.4 Å². The summed E-state index contributed by atoms with van der Waals surface area (Å²) in [7, 11) is 0. The van der Waals surface area contributed by atoms with Gasteiger partial charge in [-0.2, -0.15) is 5.10 Å². The summed E-state index contributed by atoms with van der Waals surface area (Å²) >= 11 is 6.10. The van der Waals surface area contributed by atoms with Crippen molar-refractivity contribution in [2.75, 3.05) is 13.2 Å². The largest absolute Gasteiger partial charge is 0.494 e. The van der Waals surface area contributed by atoms with Crippen LogP contribution in [0, 0.1) is 11.6 Å². The van der Waals surface area contributed by atoms with E-state index >= 15 is 4.39 Å². The van der Waals surface area contributed by atoms with Crippen molar-refractivity contribution in [1.29, 1.82) is 0 Å². The van der Waals surface area contributed by atoms with Crippen LogP contribution >= 0.6 is 11.6 Å². The molecular formula is C47H42ClF2N5O3. The molecule has 0 unspecified atom stereocenters. The SMILES string of the molecule is CC/C(=C(/c1ccc(OCCCCCC(=O)NCc2ccc(-c3[nH]c4cc(F)cc5c4c3CCNC5=O)cc2)cc1)c1ccc2[nH]ncc2c1)c1ccc(Cl)cc1F. The molecule has 0 fully saturated rings. The molecule has 2 amide bonds. The molecule has 2 aromatic heterocycles. The highest BCUT2D eigenvalue weighted by Crippen LogP contribution is 2.38. The van der Waals surface area contributed by atoms with E-state index in [1.807, 2.05) is 67.6 Å². The quantitative estimate of drug-likeness (QED) is 0.0648. The summed E-state index contributed by atoms with van der Waals surface area (Å²) in [6, 6.07) is 29.4. The minimum atomic E-state index is -0.457. The molecule has 1 aliphatic heterocycles. The second kappa shape index (κ2) is 17.1. The van der Waals surface area contributed by atoms with Crippen molar-refractivity contribution in [1.82, 2.24) is 25.8 Å². The Bertz CT molecular complexity index is 2670. The van der Waals surface area contributed by atoms with Crippen LogP contribution in [-0.4, -0.2) is 40.1 Å². The summed E-state index contributed by atoms with van der Waals surface area (Å²) < 4.78 is 35.6. The Hall–Kier alpha value is -6.26. The molecule has 8 nitrogen and oxygen atoms in total. The van der Waals surface area contributed by atoms with Gasteiger partial charge >= 0.3 is 0 Å². The van der Waals surface area contributed by atoms with Crippen LogP contribution in [-0.2, 0) is 17.8 Å². The van der Waals surface area contributed by atoms with Gasteiger partial charge in [-0.25, -0.2) is 8.78 Å². The molecule has 5 aromatic carbocycles. The Morgan fingerprint density at radius 1 is 0.897 bits per heavy atom. The first-order chi connectivity index (χ1) is 28.2. The molecular weight excluding hydrogens is 756 g/mol. The van der Waals surface area contributed by atoms with Gasteiger partial charge in [0.05, 0.1) is 23.9 Å². The maximum atomic E-state index is 15.3. The maximum absolute atomic E-state index is 15.3. The van der Waals surface area contributed by atoms with E-state index in [1.165, 1.54) is 18.2 Å². The summed E-state index contributed by atoms with van der Waals surface area (Å²) in [4.78, 5) is 28.5. The van der Waals surface area contributed by atoms with Gasteiger partial charge in [-0.3, -0.25) is 14.7 Å². The number of nitrogens with one attached hydrogen (secondary N) is 4. The molecule has 8 rings (SSSR count). The summed E-state index contributed by atoms with van der Waals surface area (Å²) in [6.45, 7) is 3.43. The van der Waals surface area contributed by atoms with Crippen LogP contribution in [0.2, 0.25) is 5.02 Å². The van der Waals surface area contributed by atoms with E-state index in [-0.39, 0.29) is 17.6 Å². The molecule has 3 heterocycles. The predicted molar refractivity (Wildman–Crippen MR) is 226 cm³/mol. The summed E-state index contributed by atoms with van der Waals surface area (Å²) in [5.74, 6) is -0.365. The highest BCUT2D eigenvalue weighted by atomic mass is 35.5. The van der Waals surface area contributed by atoms with Gasteiger partial charge in [-0.05, 0) is 120 Å². The zero-order chi connectivity index (χ0) is 40.2. The molecule has 58 heavy (non-hydrogen) atoms. The minimum absolute atomic E-state index is 0.00990. The zero-order valence-corrected chi connectivity index (χ0v) is 32.7. The lowest BCUT2D eigenvalue weighted by Gasteiger charge is -2.17. The molecule has 4 N–H and O–H groups in total. The number of aromatic nitrogens is 3. The number of nitrogens with zero attached hydrogens (tertiary/aromatic N) is 1. The van der Waals surface area contributed by atoms with Crippen LogP contribution in [0.1, 0.15) is 77.2 Å². The number of halogens is 3. The van der Waals surface area contributed by atoms with Crippen LogP contribution in [0.5, 0.6) is 5.75 Å². The third kappa shape index (κ3) is 8.24. The third-order valence-corrected chi connectivity index (χ3v) is 10.9. The van der Waals surface area contributed by atoms with Crippen LogP contribution in [0.4, 0.5) is 8.78 Å². The average molecular weight is 798 g/mol. The van der Waals surface area contributed by atoms with E-state index in [4.69, 9.17) is 16.3 Å². The van der Waals surface area contributed by atoms with Crippen LogP contribution in [0.15, 0.2) is 103 Å². The van der Waals surface area contributed by atoms with Crippen molar-refractivity contribution < 1.29 is 23.1 Å². The third-order valence-electron chi connectivity index (χ3n) is 10.7. The normalized spacial score (nSPS) is 13.0. The molecule has 0 saturated heterocycles. The van der Waals surface area contributed by atoms with Crippen molar-refractivity contribution in [2.45, 2.75) is 52.0 Å². The molecule has 0 radical (unpaired) electrons. The number of fused-ring (bicyclic) bond motifs is 1. The molecule has 11 heteroatoms. The molecule has 0 saturated carbocycles. The number of hydrogen-bond donors (Lipinski definition) is 4. The van der Waals surface area contributed by atoms with Crippen LogP contribution in [0.25, 0.3) is 44.2 Å². The lowest BCUT2D eigenvalue weighted by molar-refractivity contribution is -0.121. The number of unbranched alkanes of at least 4 members (excludes halogenated alkanes) is 2. The standard InChI is InChI=1S/C47H42ClF2N5O3/c1-2-36(37-17-14-33(48)23-40(37)50)44(31-13-18-41-32(22-31)27-53-55-41)29-11-15-35(16-12-29)58-21-5-3-4-6-43(56)52-26-28-7-9-30(10-8-28)46-38-19-20-51-47(57)39-24-34(49)25-42(54-46)45(38)39/h7-18,22-25,27,54H,2-6,19-21,26H2,1H3,(H,51,57)(H,52,56)(H,53,55)/b44-36+. The van der Waals surface area contributed by atoms with Crippen molar-refractivity contribution in [2.24, 2.45) is 0 Å². The number of amides is 2. The zero-order valence-electron chi connectivity index (χ0n) is 32.0. The molecule has 0 aliphatic carbocycles. The van der Waals surface area contributed by atoms with E-state index in [0.717, 1.165) is 86.0 Å². The minimum Gasteiger partial charge on any atom is -0.494 e. The fourth-order valence-electron chi connectivity index (χ4n) is 7.84. The number of carbonyl (C=O) groups is 2. The number of allylic oxidation sites excluding steroid dienone is 1. The number of aromatic amines is 2. The van der Waals surface area contributed by atoms with Gasteiger partial charge in [0.15, 0.2) is 0 Å². The lowest BCUT2D eigenvalue weighted by atomic mass is 9.87. The van der Waals surface area contributed by atoms with E-state index in [9.17, 15) is 14.0 Å². The van der Waals surface area contributed by atoms with Crippen LogP contribution in [0.3, 0.4) is 0 Å². The smallest absolute Gasteiger partial charge is 0.252 e. The molecule has 0 atom stereocenters. The Balaban J connectivity index is 0.828. The molecule has 1 aliphatic rings. The second-order valence-corrected chi connectivity index (χ2v) is 15.0. The van der Waals surface area contributed by atoms with E-state index in [2.05, 4.69) is 31.9 Å². The summed E-state index contributed by atoms with van der Waals surface area (Å²) in [5, 5.41) is 15.1. The highest BCUT2D eigenvalue weighted by molar-refractivity contribution is 6.30. The Morgan fingerprint density at radius 3 is 2.50 bits per heavy atom. The van der Waals surface area contributed by atoms with Gasteiger partial charge in [0.1, 0.15) is 17.4 Å². The summed E-state index contributed by atoms with van der Waals surface area (Å²) in [5.41, 5.74) is 9.82. The van der Waals surface area contributed by atoms with E-state index in [1.54, 1.807) is 18.3 Å². The Kier molecular flexibility index (Phi) is 11.4. The van der Waals surface area contributed by atoms with Gasteiger partial charge in [0.2, 0.25) is 5.91 Å². The average Bonchev–Trinajstić information content (AvgIpc) is 3.81. The number of carbonyl (C=O) groups excluding carboxylic acids is 2. The topological polar surface area (TPSA) is 112 Å². The number of H-pyrrole nitrogens is 2. The van der Waals surface area contributed by atoms with E-state index < -0.39 is 5.82 Å². The van der Waals surface area contributed by atoms with Crippen molar-refractivity contribution in [3.8, 4) is 17.0 Å². The number of hydrogen-bond acceptors (Lipinski definition) is 4. The first-order valence-corrected chi connectivity index (χ1v) is 20.0. The molecule has 0 spiro atoms. The number of rotatable bonds is 14. The predicted octanol–water partition coefficient (Wildman–Crippen LogP) is 10.6. The van der Waals surface area contributed by atoms with E-state index in [0.29, 0.717) is 60.6 Å². The molecule has 294 valence electrons. The maximum Gasteiger partial charge on any atom is 0.252 e. The lowest BCUT2D eigenvalue weighted by Crippen LogP contribution is -2.23. The van der Waals surface area contributed by atoms with Crippen molar-refractivity contribution >= 4 is 56.4 Å². The Labute approximate surface area is 339 Å². The van der Waals surface area contributed by atoms with Crippen molar-refractivity contribution in [3.63, 3.8) is 0 Å². The van der Waals surface area contributed by atoms with Crippen LogP contribution < -0.4 is 15.4 Å². The number of benzene rings is 5.